The zero-order valence-electron chi connectivity index (χ0n) is 17.4. The fourth-order valence-electron chi connectivity index (χ4n) is 4.35. The highest BCUT2D eigenvalue weighted by Crippen LogP contribution is 2.45. The van der Waals surface area contributed by atoms with Gasteiger partial charge in [-0.25, -0.2) is 9.78 Å². The van der Waals surface area contributed by atoms with Crippen molar-refractivity contribution in [2.45, 2.75) is 24.8 Å². The van der Waals surface area contributed by atoms with Crippen LogP contribution in [0.5, 0.6) is 0 Å². The number of carboxylic acids is 1. The Hall–Kier alpha value is -4.63. The molecule has 0 atom stereocenters. The fraction of sp³-hybridized carbons (Fsp3) is 0.208. The molecule has 0 unspecified atom stereocenters. The van der Waals surface area contributed by atoms with Crippen LogP contribution in [-0.4, -0.2) is 36.0 Å². The van der Waals surface area contributed by atoms with Gasteiger partial charge >= 0.3 is 5.97 Å². The Labute approximate surface area is 188 Å². The van der Waals surface area contributed by atoms with Crippen LogP contribution in [0.15, 0.2) is 54.9 Å². The van der Waals surface area contributed by atoms with Crippen molar-refractivity contribution in [2.75, 3.05) is 0 Å². The molecule has 33 heavy (non-hydrogen) atoms. The lowest BCUT2D eigenvalue weighted by Crippen LogP contribution is -2.47. The minimum absolute atomic E-state index is 0.0448. The quantitative estimate of drug-likeness (QED) is 0.499. The maximum Gasteiger partial charge on any atom is 0.354 e. The molecule has 9 nitrogen and oxygen atoms in total. The molecule has 0 spiro atoms. The summed E-state index contributed by atoms with van der Waals surface area (Å²) < 4.78 is 0. The van der Waals surface area contributed by atoms with E-state index in [2.05, 4.69) is 27.2 Å². The van der Waals surface area contributed by atoms with Gasteiger partial charge in [0.25, 0.3) is 0 Å². The first kappa shape index (κ1) is 20.3. The first-order valence-corrected chi connectivity index (χ1v) is 10.3. The molecule has 3 aromatic heterocycles. The largest absolute Gasteiger partial charge is 0.477 e. The van der Waals surface area contributed by atoms with Crippen molar-refractivity contribution in [1.82, 2.24) is 25.0 Å². The smallest absolute Gasteiger partial charge is 0.354 e. The summed E-state index contributed by atoms with van der Waals surface area (Å²) in [6.45, 7) is 0. The molecular formula is C24H17N7O2. The molecule has 1 aromatic carbocycles. The van der Waals surface area contributed by atoms with E-state index in [0.717, 1.165) is 10.9 Å². The van der Waals surface area contributed by atoms with Gasteiger partial charge in [0.2, 0.25) is 0 Å². The SMILES string of the molecule is N#CC[C@]1(n2ncc(-c3cc(-c4cccc(C(=O)O)n4)cc4ncccc34)n2)C[C@H](C#N)C1. The number of hydrogen-bond acceptors (Lipinski definition) is 7. The molecule has 1 N–H and O–H groups in total. The van der Waals surface area contributed by atoms with Crippen LogP contribution < -0.4 is 0 Å². The Morgan fingerprint density at radius 2 is 2.03 bits per heavy atom. The van der Waals surface area contributed by atoms with Crippen molar-refractivity contribution in [1.29, 1.82) is 10.5 Å². The molecule has 1 aliphatic carbocycles. The molecule has 9 heteroatoms. The molecule has 0 saturated heterocycles. The molecule has 1 aliphatic rings. The Morgan fingerprint density at radius 3 is 2.79 bits per heavy atom. The molecular weight excluding hydrogens is 418 g/mol. The number of nitriles is 2. The lowest BCUT2D eigenvalue weighted by Gasteiger charge is -2.42. The monoisotopic (exact) mass is 435 g/mol. The Morgan fingerprint density at radius 1 is 1.18 bits per heavy atom. The van der Waals surface area contributed by atoms with Gasteiger partial charge in [-0.1, -0.05) is 12.1 Å². The van der Waals surface area contributed by atoms with Crippen molar-refractivity contribution in [3.8, 4) is 34.7 Å². The number of fused-ring (bicyclic) bond motifs is 1. The van der Waals surface area contributed by atoms with Gasteiger partial charge in [0.05, 0.1) is 47.4 Å². The molecule has 3 heterocycles. The van der Waals surface area contributed by atoms with Crippen LogP contribution >= 0.6 is 0 Å². The lowest BCUT2D eigenvalue weighted by molar-refractivity contribution is 0.0690. The molecule has 4 aromatic rings. The van der Waals surface area contributed by atoms with Gasteiger partial charge in [-0.05, 0) is 43.2 Å². The molecule has 160 valence electrons. The van der Waals surface area contributed by atoms with Crippen LogP contribution in [0.1, 0.15) is 29.8 Å². The summed E-state index contributed by atoms with van der Waals surface area (Å²) in [5.41, 5.74) is 2.67. The summed E-state index contributed by atoms with van der Waals surface area (Å²) in [6.07, 6.45) is 4.64. The number of benzene rings is 1. The number of carbonyl (C=O) groups is 1. The van der Waals surface area contributed by atoms with Crippen molar-refractivity contribution < 1.29 is 9.90 Å². The van der Waals surface area contributed by atoms with Crippen LogP contribution in [0, 0.1) is 28.6 Å². The van der Waals surface area contributed by atoms with E-state index < -0.39 is 11.5 Å². The van der Waals surface area contributed by atoms with Crippen LogP contribution in [0.25, 0.3) is 33.4 Å². The van der Waals surface area contributed by atoms with Gasteiger partial charge < -0.3 is 5.11 Å². The van der Waals surface area contributed by atoms with Crippen molar-refractivity contribution in [2.24, 2.45) is 5.92 Å². The molecule has 0 amide bonds. The highest BCUT2D eigenvalue weighted by molar-refractivity contribution is 5.97. The van der Waals surface area contributed by atoms with Crippen molar-refractivity contribution in [3.05, 3.63) is 60.6 Å². The topological polar surface area (TPSA) is 141 Å². The number of aromatic carboxylic acids is 1. The number of pyridine rings is 2. The van der Waals surface area contributed by atoms with Crippen LogP contribution in [0.3, 0.4) is 0 Å². The first-order chi connectivity index (χ1) is 16.0. The van der Waals surface area contributed by atoms with Gasteiger partial charge in [-0.3, -0.25) is 4.98 Å². The Kier molecular flexibility index (Phi) is 4.80. The van der Waals surface area contributed by atoms with Gasteiger partial charge in [0.1, 0.15) is 11.4 Å². The van der Waals surface area contributed by atoms with Crippen molar-refractivity contribution in [3.63, 3.8) is 0 Å². The third-order valence-corrected chi connectivity index (χ3v) is 6.02. The van der Waals surface area contributed by atoms with Crippen LogP contribution in [-0.2, 0) is 5.54 Å². The van der Waals surface area contributed by atoms with Gasteiger partial charge in [0, 0.05) is 22.7 Å². The van der Waals surface area contributed by atoms with E-state index >= 15 is 0 Å². The van der Waals surface area contributed by atoms with Crippen LogP contribution in [0.2, 0.25) is 0 Å². The number of nitrogens with zero attached hydrogens (tertiary/aromatic N) is 7. The zero-order chi connectivity index (χ0) is 23.0. The first-order valence-electron chi connectivity index (χ1n) is 10.3. The summed E-state index contributed by atoms with van der Waals surface area (Å²) in [6, 6.07) is 16.8. The second-order valence-electron chi connectivity index (χ2n) is 8.12. The Balaban J connectivity index is 1.62. The molecule has 0 radical (unpaired) electrons. The molecule has 1 fully saturated rings. The van der Waals surface area contributed by atoms with Gasteiger partial charge in [-0.2, -0.15) is 25.5 Å². The number of aromatic nitrogens is 5. The summed E-state index contributed by atoms with van der Waals surface area (Å²) in [5.74, 6) is -1.20. The second-order valence-corrected chi connectivity index (χ2v) is 8.12. The third kappa shape index (κ3) is 3.46. The van der Waals surface area contributed by atoms with E-state index in [-0.39, 0.29) is 18.0 Å². The Bertz CT molecular complexity index is 1470. The molecule has 0 aliphatic heterocycles. The van der Waals surface area contributed by atoms with E-state index in [1.54, 1.807) is 29.3 Å². The van der Waals surface area contributed by atoms with Crippen molar-refractivity contribution >= 4 is 16.9 Å². The lowest BCUT2D eigenvalue weighted by atomic mass is 9.68. The summed E-state index contributed by atoms with van der Waals surface area (Å²) in [4.78, 5) is 21.7. The van der Waals surface area contributed by atoms with Crippen LogP contribution in [0.4, 0.5) is 0 Å². The average molecular weight is 435 g/mol. The molecule has 1 saturated carbocycles. The van der Waals surface area contributed by atoms with Gasteiger partial charge in [0.15, 0.2) is 0 Å². The third-order valence-electron chi connectivity index (χ3n) is 6.02. The van der Waals surface area contributed by atoms with Gasteiger partial charge in [-0.15, -0.1) is 0 Å². The summed E-state index contributed by atoms with van der Waals surface area (Å²) in [7, 11) is 0. The summed E-state index contributed by atoms with van der Waals surface area (Å²) >= 11 is 0. The van der Waals surface area contributed by atoms with E-state index in [9.17, 15) is 20.4 Å². The maximum absolute atomic E-state index is 11.4. The molecule has 5 rings (SSSR count). The van der Waals surface area contributed by atoms with E-state index in [4.69, 9.17) is 5.10 Å². The predicted molar refractivity (Wildman–Crippen MR) is 117 cm³/mol. The number of rotatable bonds is 5. The second kappa shape index (κ2) is 7.81. The minimum atomic E-state index is -1.10. The highest BCUT2D eigenvalue weighted by Gasteiger charge is 2.48. The van der Waals surface area contributed by atoms with E-state index in [1.165, 1.54) is 6.07 Å². The fourth-order valence-corrected chi connectivity index (χ4v) is 4.35. The molecule has 0 bridgehead atoms. The summed E-state index contributed by atoms with van der Waals surface area (Å²) in [5, 5.41) is 37.8. The maximum atomic E-state index is 11.4. The zero-order valence-corrected chi connectivity index (χ0v) is 17.4. The number of carboxylic acid groups (broad SMARTS) is 1. The highest BCUT2D eigenvalue weighted by atomic mass is 16.4. The predicted octanol–water partition coefficient (Wildman–Crippen LogP) is 3.80. The standard InChI is InChI=1S/C24H17N7O2/c25-7-6-24(11-15(12-24)13-26)31-28-14-22(30-31)18-9-16(10-21-17(18)3-2-8-27-21)19-4-1-5-20(29-19)23(32)33/h1-5,8-10,14-15H,6,11-12H2,(H,32,33)/t15-,24-. The van der Waals surface area contributed by atoms with E-state index in [0.29, 0.717) is 35.3 Å². The normalized spacial score (nSPS) is 19.4. The average Bonchev–Trinajstić information content (AvgIpc) is 3.31. The van der Waals surface area contributed by atoms with E-state index in [1.807, 2.05) is 24.3 Å². The minimum Gasteiger partial charge on any atom is -0.477 e. The number of hydrogen-bond donors (Lipinski definition) is 1.